The number of likely N-dealkylation sites (N-methyl/N-ethyl adjacent to an activating group) is 1. The molecule has 0 aliphatic rings. The van der Waals surface area contributed by atoms with Gasteiger partial charge in [-0.3, -0.25) is 4.79 Å². The first kappa shape index (κ1) is 16.8. The van der Waals surface area contributed by atoms with E-state index in [1.165, 1.54) is 20.0 Å². The third kappa shape index (κ3) is 4.66. The predicted octanol–water partition coefficient (Wildman–Crippen LogP) is 2.02. The molecule has 0 heterocycles. The normalized spacial score (nSPS) is 12.6. The van der Waals surface area contributed by atoms with E-state index in [9.17, 15) is 22.8 Å². The summed E-state index contributed by atoms with van der Waals surface area (Å²) < 4.78 is 42.5. The van der Waals surface area contributed by atoms with E-state index in [2.05, 4.69) is 0 Å². The minimum atomic E-state index is -4.50. The topological polar surface area (TPSA) is 66.8 Å². The van der Waals surface area contributed by atoms with Gasteiger partial charge in [0, 0.05) is 7.05 Å². The third-order valence-corrected chi connectivity index (χ3v) is 2.86. The van der Waals surface area contributed by atoms with E-state index in [0.29, 0.717) is 0 Å². The molecule has 0 spiro atoms. The first-order valence-corrected chi connectivity index (χ1v) is 5.91. The molecule has 0 radical (unpaired) electrons. The molecule has 0 saturated carbocycles. The Morgan fingerprint density at radius 3 is 2.52 bits per heavy atom. The molecule has 1 amide bonds. The lowest BCUT2D eigenvalue weighted by Crippen LogP contribution is -2.42. The number of carbonyl (C=O) groups excluding carboxylic acids is 1. The molecular formula is C13H14F3NO4. The number of carbonyl (C=O) groups is 2. The van der Waals surface area contributed by atoms with Crippen LogP contribution < -0.4 is 4.74 Å². The second-order valence-corrected chi connectivity index (χ2v) is 4.33. The second kappa shape index (κ2) is 6.47. The minimum Gasteiger partial charge on any atom is -0.484 e. The zero-order valence-corrected chi connectivity index (χ0v) is 11.3. The number of alkyl halides is 3. The Bertz CT molecular complexity index is 530. The van der Waals surface area contributed by atoms with Crippen LogP contribution in [0.25, 0.3) is 0 Å². The number of nitrogens with zero attached hydrogens (tertiary/aromatic N) is 1. The van der Waals surface area contributed by atoms with Gasteiger partial charge in [-0.15, -0.1) is 0 Å². The summed E-state index contributed by atoms with van der Waals surface area (Å²) in [6, 6.07) is 3.04. The smallest absolute Gasteiger partial charge is 0.416 e. The summed E-state index contributed by atoms with van der Waals surface area (Å²) in [6.45, 7) is 0.764. The van der Waals surface area contributed by atoms with Crippen LogP contribution in [0.5, 0.6) is 5.75 Å². The number of aliphatic carboxylic acids is 1. The fourth-order valence-corrected chi connectivity index (χ4v) is 1.39. The Hall–Kier alpha value is -2.25. The highest BCUT2D eigenvalue weighted by atomic mass is 19.4. The second-order valence-electron chi connectivity index (χ2n) is 4.33. The maximum absolute atomic E-state index is 12.5. The number of hydrogen-bond donors (Lipinski definition) is 1. The van der Waals surface area contributed by atoms with E-state index in [-0.39, 0.29) is 5.75 Å². The summed E-state index contributed by atoms with van der Waals surface area (Å²) >= 11 is 0. The molecule has 0 aliphatic carbocycles. The summed E-state index contributed by atoms with van der Waals surface area (Å²) in [5.74, 6) is -1.96. The van der Waals surface area contributed by atoms with Gasteiger partial charge in [-0.25, -0.2) is 4.79 Å². The molecule has 1 N–H and O–H groups in total. The Labute approximate surface area is 118 Å². The summed E-state index contributed by atoms with van der Waals surface area (Å²) in [6.07, 6.45) is -4.50. The largest absolute Gasteiger partial charge is 0.484 e. The van der Waals surface area contributed by atoms with Gasteiger partial charge in [0.25, 0.3) is 5.91 Å². The molecule has 0 aromatic heterocycles. The van der Waals surface area contributed by atoms with E-state index < -0.39 is 36.3 Å². The van der Waals surface area contributed by atoms with Crippen LogP contribution in [0.1, 0.15) is 12.5 Å². The zero-order valence-electron chi connectivity index (χ0n) is 11.3. The number of amides is 1. The van der Waals surface area contributed by atoms with E-state index in [1.807, 2.05) is 0 Å². The number of carboxylic acid groups (broad SMARTS) is 1. The molecule has 5 nitrogen and oxygen atoms in total. The summed E-state index contributed by atoms with van der Waals surface area (Å²) in [4.78, 5) is 23.3. The van der Waals surface area contributed by atoms with Crippen molar-refractivity contribution >= 4 is 11.9 Å². The molecule has 116 valence electrons. The minimum absolute atomic E-state index is 0.116. The molecule has 1 aromatic rings. The quantitative estimate of drug-likeness (QED) is 0.903. The zero-order chi connectivity index (χ0) is 16.2. The van der Waals surface area contributed by atoms with Crippen LogP contribution in [0.15, 0.2) is 24.3 Å². The maximum atomic E-state index is 12.5. The average Bonchev–Trinajstić information content (AvgIpc) is 2.42. The fraction of sp³-hybridized carbons (Fsp3) is 0.385. The lowest BCUT2D eigenvalue weighted by atomic mass is 10.2. The van der Waals surface area contributed by atoms with Gasteiger partial charge >= 0.3 is 12.1 Å². The lowest BCUT2D eigenvalue weighted by Gasteiger charge is -2.21. The molecule has 0 fully saturated rings. The van der Waals surface area contributed by atoms with Gasteiger partial charge in [0.15, 0.2) is 6.61 Å². The van der Waals surface area contributed by atoms with Crippen LogP contribution in [-0.2, 0) is 15.8 Å². The highest BCUT2D eigenvalue weighted by molar-refractivity contribution is 5.84. The maximum Gasteiger partial charge on any atom is 0.416 e. The van der Waals surface area contributed by atoms with Crippen LogP contribution >= 0.6 is 0 Å². The van der Waals surface area contributed by atoms with Gasteiger partial charge in [0.2, 0.25) is 0 Å². The van der Waals surface area contributed by atoms with Crippen molar-refractivity contribution in [1.29, 1.82) is 0 Å². The molecule has 1 atom stereocenters. The molecule has 21 heavy (non-hydrogen) atoms. The van der Waals surface area contributed by atoms with Crippen molar-refractivity contribution in [3.8, 4) is 5.75 Å². The standard InChI is InChI=1S/C13H14F3NO4/c1-8(12(19)20)17(2)11(18)7-21-10-5-3-4-9(6-10)13(14,15)16/h3-6,8H,7H2,1-2H3,(H,19,20). The first-order chi connectivity index (χ1) is 9.62. The number of hydrogen-bond acceptors (Lipinski definition) is 3. The van der Waals surface area contributed by atoms with Crippen LogP contribution in [0.2, 0.25) is 0 Å². The Kier molecular flexibility index (Phi) is 5.17. The molecule has 1 rings (SSSR count). The average molecular weight is 305 g/mol. The van der Waals surface area contributed by atoms with Crippen LogP contribution in [-0.4, -0.2) is 41.6 Å². The Morgan fingerprint density at radius 1 is 1.38 bits per heavy atom. The van der Waals surface area contributed by atoms with Crippen molar-refractivity contribution in [1.82, 2.24) is 4.90 Å². The number of benzene rings is 1. The predicted molar refractivity (Wildman–Crippen MR) is 66.8 cm³/mol. The summed E-state index contributed by atoms with van der Waals surface area (Å²) in [7, 11) is 1.27. The van der Waals surface area contributed by atoms with Crippen LogP contribution in [0.4, 0.5) is 13.2 Å². The Balaban J connectivity index is 2.67. The first-order valence-electron chi connectivity index (χ1n) is 5.91. The SMILES string of the molecule is CC(C(=O)O)N(C)C(=O)COc1cccc(C(F)(F)F)c1. The molecule has 0 bridgehead atoms. The van der Waals surface area contributed by atoms with Crippen LogP contribution in [0, 0.1) is 0 Å². The third-order valence-electron chi connectivity index (χ3n) is 2.86. The van der Waals surface area contributed by atoms with Gasteiger partial charge in [0.1, 0.15) is 11.8 Å². The molecular weight excluding hydrogens is 291 g/mol. The summed E-state index contributed by atoms with van der Waals surface area (Å²) in [5.41, 5.74) is -0.889. The van der Waals surface area contributed by atoms with Crippen molar-refractivity contribution in [2.45, 2.75) is 19.1 Å². The molecule has 1 unspecified atom stereocenters. The van der Waals surface area contributed by atoms with E-state index >= 15 is 0 Å². The van der Waals surface area contributed by atoms with Gasteiger partial charge in [-0.05, 0) is 25.1 Å². The van der Waals surface area contributed by atoms with Gasteiger partial charge < -0.3 is 14.7 Å². The van der Waals surface area contributed by atoms with Gasteiger partial charge in [-0.2, -0.15) is 13.2 Å². The van der Waals surface area contributed by atoms with Gasteiger partial charge in [0.05, 0.1) is 5.56 Å². The van der Waals surface area contributed by atoms with Crippen LogP contribution in [0.3, 0.4) is 0 Å². The highest BCUT2D eigenvalue weighted by Gasteiger charge is 2.30. The monoisotopic (exact) mass is 305 g/mol. The van der Waals surface area contributed by atoms with E-state index in [1.54, 1.807) is 0 Å². The van der Waals surface area contributed by atoms with Crippen molar-refractivity contribution < 1.29 is 32.6 Å². The lowest BCUT2D eigenvalue weighted by molar-refractivity contribution is -0.149. The van der Waals surface area contributed by atoms with Crippen molar-refractivity contribution in [2.24, 2.45) is 0 Å². The molecule has 8 heteroatoms. The number of carboxylic acids is 1. The Morgan fingerprint density at radius 2 is 2.00 bits per heavy atom. The molecule has 0 saturated heterocycles. The van der Waals surface area contributed by atoms with E-state index in [4.69, 9.17) is 9.84 Å². The summed E-state index contributed by atoms with van der Waals surface area (Å²) in [5, 5.41) is 8.75. The van der Waals surface area contributed by atoms with E-state index in [0.717, 1.165) is 23.1 Å². The van der Waals surface area contributed by atoms with Crippen molar-refractivity contribution in [3.05, 3.63) is 29.8 Å². The highest BCUT2D eigenvalue weighted by Crippen LogP contribution is 2.31. The number of halogens is 3. The molecule has 1 aromatic carbocycles. The fourth-order valence-electron chi connectivity index (χ4n) is 1.39. The number of rotatable bonds is 5. The van der Waals surface area contributed by atoms with Crippen molar-refractivity contribution in [2.75, 3.05) is 13.7 Å². The van der Waals surface area contributed by atoms with Gasteiger partial charge in [-0.1, -0.05) is 6.07 Å². The number of ether oxygens (including phenoxy) is 1. The molecule has 0 aliphatic heterocycles. The van der Waals surface area contributed by atoms with Crippen molar-refractivity contribution in [3.63, 3.8) is 0 Å².